The van der Waals surface area contributed by atoms with Crippen molar-refractivity contribution < 1.29 is 19.5 Å². The maximum Gasteiger partial charge on any atom is 0.321 e. The van der Waals surface area contributed by atoms with Crippen LogP contribution in [0, 0.1) is 0 Å². The topological polar surface area (TPSA) is 98.7 Å². The van der Waals surface area contributed by atoms with Crippen LogP contribution in [0.5, 0.6) is 0 Å². The standard InChI is InChI=1S/C11H21N3O4.ClH/c1-7(9(16)17)14(5)6-8(15)12-10(18)13-11(2,3)4;/h7H,6H2,1-5H3,(H,16,17)(H2,12,13,15,18);1H. The van der Waals surface area contributed by atoms with E-state index in [-0.39, 0.29) is 19.0 Å². The minimum atomic E-state index is -1.02. The number of imide groups is 1. The molecule has 0 aliphatic heterocycles. The maximum atomic E-state index is 11.5. The zero-order chi connectivity index (χ0) is 14.5. The Morgan fingerprint density at radius 1 is 1.26 bits per heavy atom. The third-order valence-corrected chi connectivity index (χ3v) is 2.15. The summed E-state index contributed by atoms with van der Waals surface area (Å²) in [6.07, 6.45) is 0. The minimum absolute atomic E-state index is 0. The van der Waals surface area contributed by atoms with E-state index in [9.17, 15) is 14.4 Å². The molecule has 0 aromatic heterocycles. The van der Waals surface area contributed by atoms with Crippen LogP contribution in [0.1, 0.15) is 27.7 Å². The van der Waals surface area contributed by atoms with E-state index in [0.717, 1.165) is 0 Å². The average molecular weight is 296 g/mol. The van der Waals surface area contributed by atoms with Crippen molar-refractivity contribution >= 4 is 30.3 Å². The zero-order valence-corrected chi connectivity index (χ0v) is 12.6. The van der Waals surface area contributed by atoms with Crippen molar-refractivity contribution in [3.05, 3.63) is 0 Å². The number of halogens is 1. The van der Waals surface area contributed by atoms with Crippen LogP contribution in [0.4, 0.5) is 4.79 Å². The molecule has 1 unspecified atom stereocenters. The van der Waals surface area contributed by atoms with Crippen molar-refractivity contribution in [1.82, 2.24) is 15.5 Å². The third-order valence-electron chi connectivity index (χ3n) is 2.15. The number of amides is 3. The van der Waals surface area contributed by atoms with E-state index in [1.54, 1.807) is 20.8 Å². The van der Waals surface area contributed by atoms with Gasteiger partial charge in [0.2, 0.25) is 5.91 Å². The fourth-order valence-electron chi connectivity index (χ4n) is 1.09. The van der Waals surface area contributed by atoms with Gasteiger partial charge in [0.25, 0.3) is 0 Å². The highest BCUT2D eigenvalue weighted by atomic mass is 35.5. The molecule has 0 heterocycles. The molecule has 0 aliphatic carbocycles. The summed E-state index contributed by atoms with van der Waals surface area (Å²) in [6, 6.07) is -1.38. The van der Waals surface area contributed by atoms with Gasteiger partial charge in [-0.1, -0.05) is 0 Å². The Morgan fingerprint density at radius 3 is 2.11 bits per heavy atom. The third kappa shape index (κ3) is 9.26. The van der Waals surface area contributed by atoms with E-state index in [0.29, 0.717) is 0 Å². The molecule has 1 atom stereocenters. The molecular formula is C11H22ClN3O4. The van der Waals surface area contributed by atoms with Crippen LogP contribution in [0.2, 0.25) is 0 Å². The van der Waals surface area contributed by atoms with Gasteiger partial charge in [-0.15, -0.1) is 12.4 Å². The van der Waals surface area contributed by atoms with Crippen LogP contribution in [0.25, 0.3) is 0 Å². The molecule has 112 valence electrons. The monoisotopic (exact) mass is 295 g/mol. The number of rotatable bonds is 4. The molecule has 0 saturated heterocycles. The first kappa shape index (κ1) is 20.0. The summed E-state index contributed by atoms with van der Waals surface area (Å²) < 4.78 is 0. The maximum absolute atomic E-state index is 11.5. The van der Waals surface area contributed by atoms with Gasteiger partial charge in [-0.2, -0.15) is 0 Å². The van der Waals surface area contributed by atoms with Crippen molar-refractivity contribution in [2.45, 2.75) is 39.3 Å². The van der Waals surface area contributed by atoms with Crippen LogP contribution in [-0.2, 0) is 9.59 Å². The fourth-order valence-corrected chi connectivity index (χ4v) is 1.09. The van der Waals surface area contributed by atoms with Crippen LogP contribution in [0.3, 0.4) is 0 Å². The summed E-state index contributed by atoms with van der Waals surface area (Å²) in [5.74, 6) is -1.57. The molecule has 0 rings (SSSR count). The van der Waals surface area contributed by atoms with Crippen molar-refractivity contribution in [3.63, 3.8) is 0 Å². The molecule has 0 spiro atoms. The number of hydrogen-bond donors (Lipinski definition) is 3. The van der Waals surface area contributed by atoms with Crippen molar-refractivity contribution in [2.24, 2.45) is 0 Å². The van der Waals surface area contributed by atoms with E-state index in [1.165, 1.54) is 18.9 Å². The summed E-state index contributed by atoms with van der Waals surface area (Å²) in [5, 5.41) is 13.5. The van der Waals surface area contributed by atoms with Gasteiger partial charge in [-0.3, -0.25) is 19.8 Å². The van der Waals surface area contributed by atoms with E-state index < -0.39 is 29.5 Å². The number of likely N-dealkylation sites (N-methyl/N-ethyl adjacent to an activating group) is 1. The van der Waals surface area contributed by atoms with Crippen LogP contribution in [0.15, 0.2) is 0 Å². The molecule has 0 aliphatic rings. The molecule has 7 nitrogen and oxygen atoms in total. The molecule has 3 amide bonds. The van der Waals surface area contributed by atoms with Crippen LogP contribution >= 0.6 is 12.4 Å². The Labute approximate surface area is 119 Å². The number of nitrogens with zero attached hydrogens (tertiary/aromatic N) is 1. The van der Waals surface area contributed by atoms with Crippen molar-refractivity contribution in [3.8, 4) is 0 Å². The summed E-state index contributed by atoms with van der Waals surface area (Å²) >= 11 is 0. The molecule has 0 aromatic carbocycles. The lowest BCUT2D eigenvalue weighted by atomic mass is 10.1. The Balaban J connectivity index is 0. The SMILES string of the molecule is CC(C(=O)O)N(C)CC(=O)NC(=O)NC(C)(C)C.Cl. The second-order valence-electron chi connectivity index (χ2n) is 5.18. The lowest BCUT2D eigenvalue weighted by Crippen LogP contribution is -2.51. The lowest BCUT2D eigenvalue weighted by Gasteiger charge is -2.22. The highest BCUT2D eigenvalue weighted by Crippen LogP contribution is 1.98. The second-order valence-corrected chi connectivity index (χ2v) is 5.18. The summed E-state index contributed by atoms with van der Waals surface area (Å²) in [7, 11) is 1.50. The highest BCUT2D eigenvalue weighted by molar-refractivity contribution is 5.95. The molecule has 19 heavy (non-hydrogen) atoms. The summed E-state index contributed by atoms with van der Waals surface area (Å²) in [4.78, 5) is 34.9. The molecule has 0 aromatic rings. The van der Waals surface area contributed by atoms with Crippen LogP contribution in [-0.4, -0.2) is 53.1 Å². The highest BCUT2D eigenvalue weighted by Gasteiger charge is 2.21. The van der Waals surface area contributed by atoms with E-state index in [1.807, 2.05) is 0 Å². The van der Waals surface area contributed by atoms with E-state index >= 15 is 0 Å². The van der Waals surface area contributed by atoms with Gasteiger partial charge < -0.3 is 10.4 Å². The molecule has 0 radical (unpaired) electrons. The number of carbonyl (C=O) groups is 3. The summed E-state index contributed by atoms with van der Waals surface area (Å²) in [5.41, 5.74) is -0.440. The summed E-state index contributed by atoms with van der Waals surface area (Å²) in [6.45, 7) is 6.66. The number of carboxylic acid groups (broad SMARTS) is 1. The number of carbonyl (C=O) groups excluding carboxylic acids is 2. The first-order valence-electron chi connectivity index (χ1n) is 5.58. The average Bonchev–Trinajstić information content (AvgIpc) is 2.12. The Kier molecular flexibility index (Phi) is 8.37. The van der Waals surface area contributed by atoms with Gasteiger partial charge in [0, 0.05) is 5.54 Å². The first-order valence-corrected chi connectivity index (χ1v) is 5.58. The number of carboxylic acids is 1. The second kappa shape index (κ2) is 7.96. The van der Waals surface area contributed by atoms with Gasteiger partial charge in [0.05, 0.1) is 6.54 Å². The van der Waals surface area contributed by atoms with E-state index in [4.69, 9.17) is 5.11 Å². The van der Waals surface area contributed by atoms with Crippen molar-refractivity contribution in [1.29, 1.82) is 0 Å². The number of hydrogen-bond acceptors (Lipinski definition) is 4. The van der Waals surface area contributed by atoms with Crippen molar-refractivity contribution in [2.75, 3.05) is 13.6 Å². The van der Waals surface area contributed by atoms with Gasteiger partial charge in [0.1, 0.15) is 6.04 Å². The lowest BCUT2D eigenvalue weighted by molar-refractivity contribution is -0.142. The first-order chi connectivity index (χ1) is 8.03. The predicted octanol–water partition coefficient (Wildman–Crippen LogP) is 0.437. The Morgan fingerprint density at radius 2 is 1.74 bits per heavy atom. The van der Waals surface area contributed by atoms with Gasteiger partial charge in [0.15, 0.2) is 0 Å². The molecule has 3 N–H and O–H groups in total. The van der Waals surface area contributed by atoms with Gasteiger partial charge in [-0.05, 0) is 34.7 Å². The molecule has 0 fully saturated rings. The largest absolute Gasteiger partial charge is 0.480 e. The molecule has 8 heteroatoms. The van der Waals surface area contributed by atoms with Gasteiger partial charge in [-0.25, -0.2) is 4.79 Å². The zero-order valence-electron chi connectivity index (χ0n) is 11.8. The van der Waals surface area contributed by atoms with Crippen LogP contribution < -0.4 is 10.6 Å². The number of nitrogens with one attached hydrogen (secondary N) is 2. The molecular weight excluding hydrogens is 274 g/mol. The Hall–Kier alpha value is -1.34. The normalized spacial score (nSPS) is 12.3. The fraction of sp³-hybridized carbons (Fsp3) is 0.727. The number of aliphatic carboxylic acids is 1. The smallest absolute Gasteiger partial charge is 0.321 e. The predicted molar refractivity (Wildman–Crippen MR) is 73.4 cm³/mol. The van der Waals surface area contributed by atoms with Gasteiger partial charge >= 0.3 is 12.0 Å². The quantitative estimate of drug-likeness (QED) is 0.699. The van der Waals surface area contributed by atoms with E-state index in [2.05, 4.69) is 10.6 Å². The minimum Gasteiger partial charge on any atom is -0.480 e. The number of urea groups is 1. The molecule has 0 saturated carbocycles. The Bertz CT molecular complexity index is 341. The molecule has 0 bridgehead atoms.